The summed E-state index contributed by atoms with van der Waals surface area (Å²) >= 11 is 0. The van der Waals surface area contributed by atoms with E-state index in [1.807, 2.05) is 31.2 Å². The van der Waals surface area contributed by atoms with Crippen molar-refractivity contribution in [3.05, 3.63) is 29.8 Å². The third kappa shape index (κ3) is 2.47. The number of H-pyrrole nitrogens is 1. The first-order valence-electron chi connectivity index (χ1n) is 7.07. The summed E-state index contributed by atoms with van der Waals surface area (Å²) in [5, 5.41) is 39.7. The maximum atomic E-state index is 9.99. The molecule has 1 saturated heterocycles. The molecule has 0 spiro atoms. The van der Waals surface area contributed by atoms with Crippen LogP contribution >= 0.6 is 0 Å². The second kappa shape index (κ2) is 5.86. The number of aliphatic hydroxyl groups excluding tert-OH is 4. The van der Waals surface area contributed by atoms with Crippen molar-refractivity contribution in [2.24, 2.45) is 0 Å². The van der Waals surface area contributed by atoms with E-state index in [0.717, 1.165) is 16.5 Å². The van der Waals surface area contributed by atoms with Crippen molar-refractivity contribution in [3.63, 3.8) is 0 Å². The summed E-state index contributed by atoms with van der Waals surface area (Å²) < 4.78 is 11.0. The van der Waals surface area contributed by atoms with Gasteiger partial charge in [-0.1, -0.05) is 18.2 Å². The van der Waals surface area contributed by atoms with E-state index in [-0.39, 0.29) is 0 Å². The molecule has 2 aromatic rings. The van der Waals surface area contributed by atoms with Crippen molar-refractivity contribution in [2.45, 2.75) is 37.6 Å². The van der Waals surface area contributed by atoms with Gasteiger partial charge < -0.3 is 34.9 Å². The summed E-state index contributed by atoms with van der Waals surface area (Å²) in [7, 11) is 0. The van der Waals surface area contributed by atoms with Crippen LogP contribution in [0.25, 0.3) is 10.9 Å². The van der Waals surface area contributed by atoms with Gasteiger partial charge in [-0.2, -0.15) is 0 Å². The number of fused-ring (bicyclic) bond motifs is 1. The Hall–Kier alpha value is -1.64. The fourth-order valence-electron chi connectivity index (χ4n) is 2.66. The lowest BCUT2D eigenvalue weighted by Gasteiger charge is -2.39. The van der Waals surface area contributed by atoms with Gasteiger partial charge in [0.1, 0.15) is 24.4 Å². The lowest BCUT2D eigenvalue weighted by atomic mass is 9.99. The van der Waals surface area contributed by atoms with Gasteiger partial charge in [0.2, 0.25) is 6.29 Å². The van der Waals surface area contributed by atoms with E-state index in [9.17, 15) is 20.4 Å². The number of aryl methyl sites for hydroxylation is 1. The normalized spacial score (nSPS) is 32.3. The summed E-state index contributed by atoms with van der Waals surface area (Å²) in [5.74, 6) is 0.408. The van der Waals surface area contributed by atoms with E-state index in [2.05, 4.69) is 4.98 Å². The second-order valence-corrected chi connectivity index (χ2v) is 5.44. The quantitative estimate of drug-likeness (QED) is 0.530. The Labute approximate surface area is 126 Å². The summed E-state index contributed by atoms with van der Waals surface area (Å²) in [6.07, 6.45) is -6.47. The van der Waals surface area contributed by atoms with Crippen LogP contribution < -0.4 is 4.74 Å². The zero-order valence-electron chi connectivity index (χ0n) is 12.0. The maximum Gasteiger partial charge on any atom is 0.230 e. The summed E-state index contributed by atoms with van der Waals surface area (Å²) in [6, 6.07) is 7.61. The number of hydrogen-bond acceptors (Lipinski definition) is 6. The van der Waals surface area contributed by atoms with Gasteiger partial charge in [0.15, 0.2) is 5.88 Å². The number of nitrogens with one attached hydrogen (secondary N) is 1. The third-order valence-electron chi connectivity index (χ3n) is 4.00. The molecule has 1 aliphatic rings. The van der Waals surface area contributed by atoms with Crippen LogP contribution in [0.15, 0.2) is 24.3 Å². The van der Waals surface area contributed by atoms with Gasteiger partial charge in [0.05, 0.1) is 6.61 Å². The predicted molar refractivity (Wildman–Crippen MR) is 77.4 cm³/mol. The topological polar surface area (TPSA) is 115 Å². The first-order chi connectivity index (χ1) is 10.5. The Morgan fingerprint density at radius 2 is 1.86 bits per heavy atom. The lowest BCUT2D eigenvalue weighted by molar-refractivity contribution is -0.278. The van der Waals surface area contributed by atoms with Gasteiger partial charge >= 0.3 is 0 Å². The Morgan fingerprint density at radius 1 is 1.14 bits per heavy atom. The molecule has 5 atom stereocenters. The Kier molecular flexibility index (Phi) is 4.07. The summed E-state index contributed by atoms with van der Waals surface area (Å²) in [5.41, 5.74) is 1.71. The SMILES string of the molecule is Cc1c(O[C@@H]2O[C@H](CO)[C@H](O)[C@H](O)[C@H]2O)[nH]c2ccccc12. The van der Waals surface area contributed by atoms with E-state index in [0.29, 0.717) is 5.88 Å². The minimum atomic E-state index is -1.46. The molecule has 0 radical (unpaired) electrons. The van der Waals surface area contributed by atoms with Gasteiger partial charge in [-0.25, -0.2) is 0 Å². The molecule has 0 saturated carbocycles. The van der Waals surface area contributed by atoms with Crippen LogP contribution in [-0.4, -0.2) is 62.7 Å². The molecule has 7 nitrogen and oxygen atoms in total. The van der Waals surface area contributed by atoms with Gasteiger partial charge in [-0.3, -0.25) is 0 Å². The van der Waals surface area contributed by atoms with Crippen LogP contribution in [0.2, 0.25) is 0 Å². The number of hydrogen-bond donors (Lipinski definition) is 5. The zero-order valence-corrected chi connectivity index (χ0v) is 12.0. The molecular weight excluding hydrogens is 290 g/mol. The molecule has 0 unspecified atom stereocenters. The lowest BCUT2D eigenvalue weighted by Crippen LogP contribution is -2.60. The standard InChI is InChI=1S/C15H19NO6/c1-7-8-4-2-3-5-9(8)16-14(7)22-15-13(20)12(19)11(18)10(6-17)21-15/h2-5,10-13,15-20H,6H2,1H3/t10-,11+,12+,13-,15+/m1/s1. The van der Waals surface area contributed by atoms with Crippen molar-refractivity contribution in [1.29, 1.82) is 0 Å². The predicted octanol–water partition coefficient (Wildman–Crippen LogP) is -0.345. The molecule has 0 aliphatic carbocycles. The van der Waals surface area contributed by atoms with Crippen molar-refractivity contribution >= 4 is 10.9 Å². The average molecular weight is 309 g/mol. The average Bonchev–Trinajstić information content (AvgIpc) is 2.84. The molecule has 1 aromatic carbocycles. The van der Waals surface area contributed by atoms with Gasteiger partial charge in [-0.05, 0) is 13.0 Å². The highest BCUT2D eigenvalue weighted by molar-refractivity contribution is 5.85. The Morgan fingerprint density at radius 3 is 2.55 bits per heavy atom. The minimum absolute atomic E-state index is 0.408. The number of rotatable bonds is 3. The van der Waals surface area contributed by atoms with Crippen molar-refractivity contribution in [2.75, 3.05) is 6.61 Å². The molecule has 3 rings (SSSR count). The molecule has 5 N–H and O–H groups in total. The molecule has 2 heterocycles. The molecule has 1 fully saturated rings. The fraction of sp³-hybridized carbons (Fsp3) is 0.467. The molecule has 0 bridgehead atoms. The highest BCUT2D eigenvalue weighted by Gasteiger charge is 2.45. The van der Waals surface area contributed by atoms with Gasteiger partial charge in [0.25, 0.3) is 0 Å². The van der Waals surface area contributed by atoms with E-state index < -0.39 is 37.3 Å². The smallest absolute Gasteiger partial charge is 0.230 e. The number of aliphatic hydroxyl groups is 4. The van der Waals surface area contributed by atoms with Crippen LogP contribution in [0.5, 0.6) is 5.88 Å². The second-order valence-electron chi connectivity index (χ2n) is 5.44. The molecule has 7 heteroatoms. The van der Waals surface area contributed by atoms with Gasteiger partial charge in [-0.15, -0.1) is 0 Å². The van der Waals surface area contributed by atoms with E-state index >= 15 is 0 Å². The van der Waals surface area contributed by atoms with Gasteiger partial charge in [0, 0.05) is 16.5 Å². The van der Waals surface area contributed by atoms with E-state index in [1.54, 1.807) is 0 Å². The number of ether oxygens (including phenoxy) is 2. The van der Waals surface area contributed by atoms with Crippen molar-refractivity contribution in [1.82, 2.24) is 4.98 Å². The first-order valence-corrected chi connectivity index (χ1v) is 7.07. The number of aromatic amines is 1. The molecule has 0 amide bonds. The Bertz CT molecular complexity index is 655. The third-order valence-corrected chi connectivity index (χ3v) is 4.00. The molecule has 1 aromatic heterocycles. The van der Waals surface area contributed by atoms with Crippen molar-refractivity contribution in [3.8, 4) is 5.88 Å². The molecule has 120 valence electrons. The van der Waals surface area contributed by atoms with Crippen LogP contribution in [0.1, 0.15) is 5.56 Å². The molecule has 1 aliphatic heterocycles. The Balaban J connectivity index is 1.85. The van der Waals surface area contributed by atoms with E-state index in [1.165, 1.54) is 0 Å². The molecular formula is C15H19NO6. The largest absolute Gasteiger partial charge is 0.446 e. The maximum absolute atomic E-state index is 9.99. The fourth-order valence-corrected chi connectivity index (χ4v) is 2.66. The summed E-state index contributed by atoms with van der Waals surface area (Å²) in [4.78, 5) is 3.07. The number of para-hydroxylation sites is 1. The number of benzene rings is 1. The van der Waals surface area contributed by atoms with Crippen LogP contribution in [0.3, 0.4) is 0 Å². The van der Waals surface area contributed by atoms with Crippen molar-refractivity contribution < 1.29 is 29.9 Å². The highest BCUT2D eigenvalue weighted by atomic mass is 16.7. The summed E-state index contributed by atoms with van der Waals surface area (Å²) in [6.45, 7) is 1.37. The highest BCUT2D eigenvalue weighted by Crippen LogP contribution is 2.30. The molecule has 22 heavy (non-hydrogen) atoms. The first kappa shape index (κ1) is 15.3. The minimum Gasteiger partial charge on any atom is -0.446 e. The zero-order chi connectivity index (χ0) is 15.9. The van der Waals surface area contributed by atoms with Crippen LogP contribution in [-0.2, 0) is 4.74 Å². The van der Waals surface area contributed by atoms with E-state index in [4.69, 9.17) is 9.47 Å². The monoisotopic (exact) mass is 309 g/mol. The van der Waals surface area contributed by atoms with Crippen LogP contribution in [0, 0.1) is 6.92 Å². The van der Waals surface area contributed by atoms with Crippen LogP contribution in [0.4, 0.5) is 0 Å². The number of aromatic nitrogens is 1.